The zero-order valence-electron chi connectivity index (χ0n) is 13.2. The number of fused-ring (bicyclic) bond motifs is 1. The fourth-order valence-electron chi connectivity index (χ4n) is 2.44. The summed E-state index contributed by atoms with van der Waals surface area (Å²) in [6.45, 7) is 0.241. The summed E-state index contributed by atoms with van der Waals surface area (Å²) < 4.78 is 16.4. The Bertz CT molecular complexity index is 1040. The normalized spacial score (nSPS) is 12.6. The number of thiazole rings is 1. The van der Waals surface area contributed by atoms with E-state index in [4.69, 9.17) is 13.9 Å². The number of hydrogen-bond donors (Lipinski definition) is 0. The largest absolute Gasteiger partial charge is 0.454 e. The van der Waals surface area contributed by atoms with Crippen molar-refractivity contribution in [2.45, 2.75) is 11.0 Å². The summed E-state index contributed by atoms with van der Waals surface area (Å²) in [6.07, 6.45) is 0. The zero-order valence-corrected chi connectivity index (χ0v) is 15.7. The first-order chi connectivity index (χ1) is 12.8. The van der Waals surface area contributed by atoms with Gasteiger partial charge in [-0.3, -0.25) is 0 Å². The van der Waals surface area contributed by atoms with Crippen LogP contribution in [0.4, 0.5) is 0 Å². The van der Waals surface area contributed by atoms with E-state index < -0.39 is 0 Å². The van der Waals surface area contributed by atoms with Crippen LogP contribution in [0, 0.1) is 0 Å². The van der Waals surface area contributed by atoms with E-state index in [2.05, 4.69) is 37.4 Å². The maximum Gasteiger partial charge on any atom is 0.277 e. The van der Waals surface area contributed by atoms with Crippen LogP contribution in [0.3, 0.4) is 0 Å². The first-order valence-corrected chi connectivity index (χ1v) is 10.5. The first-order valence-electron chi connectivity index (χ1n) is 7.68. The van der Waals surface area contributed by atoms with Crippen molar-refractivity contribution in [1.29, 1.82) is 0 Å². The van der Waals surface area contributed by atoms with E-state index in [1.807, 2.05) is 18.2 Å². The lowest BCUT2D eigenvalue weighted by atomic mass is 10.2. The molecule has 5 rings (SSSR count). The third-order valence-electron chi connectivity index (χ3n) is 3.69. The summed E-state index contributed by atoms with van der Waals surface area (Å²) in [5.74, 6) is 2.57. The molecule has 130 valence electrons. The average molecular weight is 401 g/mol. The molecule has 0 amide bonds. The van der Waals surface area contributed by atoms with Gasteiger partial charge < -0.3 is 13.9 Å². The highest BCUT2D eigenvalue weighted by molar-refractivity contribution is 7.98. The summed E-state index contributed by atoms with van der Waals surface area (Å²) in [4.78, 5) is 4.66. The average Bonchev–Trinajstić information content (AvgIpc) is 3.47. The molecule has 1 aliphatic rings. The van der Waals surface area contributed by atoms with Gasteiger partial charge in [-0.25, -0.2) is 4.98 Å². The predicted molar refractivity (Wildman–Crippen MR) is 101 cm³/mol. The Hall–Kier alpha value is -2.36. The van der Waals surface area contributed by atoms with Crippen LogP contribution in [0.5, 0.6) is 11.5 Å². The number of rotatable bonds is 5. The number of ether oxygens (including phenoxy) is 2. The van der Waals surface area contributed by atoms with Gasteiger partial charge in [0, 0.05) is 27.6 Å². The molecule has 1 aliphatic heterocycles. The van der Waals surface area contributed by atoms with Gasteiger partial charge in [-0.15, -0.1) is 21.5 Å². The van der Waals surface area contributed by atoms with Gasteiger partial charge in [0.05, 0.1) is 5.69 Å². The van der Waals surface area contributed by atoms with Gasteiger partial charge in [-0.05, 0) is 29.6 Å². The molecule has 26 heavy (non-hydrogen) atoms. The summed E-state index contributed by atoms with van der Waals surface area (Å²) in [6, 6.07) is 7.65. The van der Waals surface area contributed by atoms with Crippen LogP contribution in [-0.2, 0) is 5.75 Å². The van der Waals surface area contributed by atoms with Crippen molar-refractivity contribution in [3.63, 3.8) is 0 Å². The van der Waals surface area contributed by atoms with Crippen molar-refractivity contribution < 1.29 is 13.9 Å². The second kappa shape index (κ2) is 6.75. The van der Waals surface area contributed by atoms with E-state index in [1.54, 1.807) is 22.7 Å². The number of hydrogen-bond acceptors (Lipinski definition) is 9. The van der Waals surface area contributed by atoms with Crippen LogP contribution in [-0.4, -0.2) is 22.0 Å². The van der Waals surface area contributed by atoms with Gasteiger partial charge in [-0.1, -0.05) is 11.8 Å². The van der Waals surface area contributed by atoms with Crippen LogP contribution in [0.25, 0.3) is 22.0 Å². The molecular formula is C17H11N3O3S3. The van der Waals surface area contributed by atoms with Gasteiger partial charge >= 0.3 is 0 Å². The van der Waals surface area contributed by atoms with Crippen LogP contribution in [0.1, 0.15) is 5.69 Å². The highest BCUT2D eigenvalue weighted by atomic mass is 32.2. The summed E-state index contributed by atoms with van der Waals surface area (Å²) in [7, 11) is 0. The Balaban J connectivity index is 1.27. The van der Waals surface area contributed by atoms with Crippen molar-refractivity contribution in [3.05, 3.63) is 46.1 Å². The highest BCUT2D eigenvalue weighted by Crippen LogP contribution is 2.36. The number of benzene rings is 1. The summed E-state index contributed by atoms with van der Waals surface area (Å²) in [5, 5.41) is 16.0. The van der Waals surface area contributed by atoms with Crippen LogP contribution in [0.15, 0.2) is 50.0 Å². The lowest BCUT2D eigenvalue weighted by Crippen LogP contribution is -1.92. The quantitative estimate of drug-likeness (QED) is 0.439. The van der Waals surface area contributed by atoms with Crippen LogP contribution < -0.4 is 9.47 Å². The second-order valence-electron chi connectivity index (χ2n) is 5.39. The zero-order chi connectivity index (χ0) is 17.3. The SMILES string of the molecule is c1cc(-c2nc(CSc3nnc(-c4ccc5c(c4)OCO5)o3)cs2)cs1. The molecule has 0 N–H and O–H groups in total. The van der Waals surface area contributed by atoms with Gasteiger partial charge in [0.15, 0.2) is 11.5 Å². The third kappa shape index (κ3) is 3.09. The van der Waals surface area contributed by atoms with Crippen molar-refractivity contribution >= 4 is 34.4 Å². The van der Waals surface area contributed by atoms with E-state index in [-0.39, 0.29) is 6.79 Å². The van der Waals surface area contributed by atoms with E-state index in [0.29, 0.717) is 22.6 Å². The molecule has 0 spiro atoms. The maximum absolute atomic E-state index is 5.75. The molecule has 0 saturated heterocycles. The minimum atomic E-state index is 0.241. The Kier molecular flexibility index (Phi) is 4.12. The fraction of sp³-hybridized carbons (Fsp3) is 0.118. The molecule has 0 aliphatic carbocycles. The molecule has 3 aromatic heterocycles. The topological polar surface area (TPSA) is 70.3 Å². The Labute approximate surface area is 160 Å². The molecule has 0 saturated carbocycles. The van der Waals surface area contributed by atoms with Gasteiger partial charge in [0.25, 0.3) is 5.22 Å². The second-order valence-corrected chi connectivity index (χ2v) is 7.95. The van der Waals surface area contributed by atoms with Gasteiger partial charge in [-0.2, -0.15) is 11.3 Å². The number of thioether (sulfide) groups is 1. The van der Waals surface area contributed by atoms with Crippen LogP contribution in [0.2, 0.25) is 0 Å². The molecule has 0 radical (unpaired) electrons. The minimum absolute atomic E-state index is 0.241. The van der Waals surface area contributed by atoms with E-state index >= 15 is 0 Å². The molecular weight excluding hydrogens is 390 g/mol. The molecule has 4 aromatic rings. The van der Waals surface area contributed by atoms with Crippen molar-refractivity contribution in [2.24, 2.45) is 0 Å². The van der Waals surface area contributed by atoms with E-state index in [9.17, 15) is 0 Å². The Morgan fingerprint density at radius 1 is 1.04 bits per heavy atom. The molecule has 0 fully saturated rings. The maximum atomic E-state index is 5.75. The summed E-state index contributed by atoms with van der Waals surface area (Å²) in [5.41, 5.74) is 2.98. The molecule has 1 aromatic carbocycles. The van der Waals surface area contributed by atoms with E-state index in [1.165, 1.54) is 17.3 Å². The predicted octanol–water partition coefficient (Wildman–Crippen LogP) is 4.94. The minimum Gasteiger partial charge on any atom is -0.454 e. The lowest BCUT2D eigenvalue weighted by molar-refractivity contribution is 0.174. The first kappa shape index (κ1) is 15.9. The number of thiophene rings is 1. The third-order valence-corrected chi connectivity index (χ3v) is 6.16. The molecule has 0 unspecified atom stereocenters. The smallest absolute Gasteiger partial charge is 0.277 e. The summed E-state index contributed by atoms with van der Waals surface area (Å²) >= 11 is 4.79. The molecule has 4 heterocycles. The fourth-order valence-corrected chi connectivity index (χ4v) is 4.74. The van der Waals surface area contributed by atoms with E-state index in [0.717, 1.165) is 22.0 Å². The Morgan fingerprint density at radius 3 is 2.92 bits per heavy atom. The van der Waals surface area contributed by atoms with Crippen molar-refractivity contribution in [2.75, 3.05) is 6.79 Å². The van der Waals surface area contributed by atoms with Crippen molar-refractivity contribution in [3.8, 4) is 33.5 Å². The van der Waals surface area contributed by atoms with Crippen molar-refractivity contribution in [1.82, 2.24) is 15.2 Å². The number of nitrogens with zero attached hydrogens (tertiary/aromatic N) is 3. The Morgan fingerprint density at radius 2 is 2.00 bits per heavy atom. The van der Waals surface area contributed by atoms with Crippen LogP contribution >= 0.6 is 34.4 Å². The lowest BCUT2D eigenvalue weighted by Gasteiger charge is -1.98. The monoisotopic (exact) mass is 401 g/mol. The van der Waals surface area contributed by atoms with Gasteiger partial charge in [0.1, 0.15) is 5.01 Å². The standard InChI is InChI=1S/C17H11N3O3S3/c1-2-13-14(22-9-21-13)5-10(1)15-19-20-17(23-15)26-8-12-7-25-16(18-12)11-3-4-24-6-11/h1-7H,8-9H2. The molecule has 6 nitrogen and oxygen atoms in total. The number of aromatic nitrogens is 3. The molecule has 0 atom stereocenters. The molecule has 9 heteroatoms. The van der Waals surface area contributed by atoms with Gasteiger partial charge in [0.2, 0.25) is 12.7 Å². The highest BCUT2D eigenvalue weighted by Gasteiger charge is 2.17. The molecule has 0 bridgehead atoms.